The lowest BCUT2D eigenvalue weighted by Crippen LogP contribution is -2.27. The molecule has 96 valence electrons. The summed E-state index contributed by atoms with van der Waals surface area (Å²) in [5.74, 6) is -0.882. The molecule has 6 heteroatoms. The summed E-state index contributed by atoms with van der Waals surface area (Å²) >= 11 is 0. The van der Waals surface area contributed by atoms with E-state index in [9.17, 15) is 9.59 Å². The molecule has 1 aromatic rings. The van der Waals surface area contributed by atoms with Gasteiger partial charge in [0.25, 0.3) is 0 Å². The Hall–Kier alpha value is -2.11. The Labute approximate surface area is 104 Å². The first-order chi connectivity index (χ1) is 8.47. The van der Waals surface area contributed by atoms with Crippen LogP contribution >= 0.6 is 0 Å². The summed E-state index contributed by atoms with van der Waals surface area (Å²) in [6, 6.07) is 3.05. The van der Waals surface area contributed by atoms with Crippen molar-refractivity contribution < 1.29 is 14.7 Å². The maximum atomic E-state index is 11.1. The SMILES string of the molecule is Cc1cc(C(=O)O)cc(N2CCC(C(N)=O)C2)n1. The van der Waals surface area contributed by atoms with Crippen LogP contribution in [-0.4, -0.2) is 35.1 Å². The van der Waals surface area contributed by atoms with E-state index in [1.807, 2.05) is 4.90 Å². The van der Waals surface area contributed by atoms with Gasteiger partial charge in [0.15, 0.2) is 0 Å². The van der Waals surface area contributed by atoms with Crippen molar-refractivity contribution in [2.24, 2.45) is 11.7 Å². The lowest BCUT2D eigenvalue weighted by molar-refractivity contribution is -0.121. The molecule has 0 spiro atoms. The first kappa shape index (κ1) is 12.3. The molecule has 1 aliphatic heterocycles. The molecule has 1 saturated heterocycles. The molecule has 0 aromatic carbocycles. The predicted octanol–water partition coefficient (Wildman–Crippen LogP) is 0.400. The second kappa shape index (κ2) is 4.64. The van der Waals surface area contributed by atoms with Crippen LogP contribution in [0.3, 0.4) is 0 Å². The molecule has 0 bridgehead atoms. The van der Waals surface area contributed by atoms with E-state index in [0.29, 0.717) is 31.0 Å². The summed E-state index contributed by atoms with van der Waals surface area (Å²) in [4.78, 5) is 28.3. The number of anilines is 1. The fourth-order valence-corrected chi connectivity index (χ4v) is 2.14. The van der Waals surface area contributed by atoms with E-state index in [1.165, 1.54) is 12.1 Å². The third-order valence-electron chi connectivity index (χ3n) is 3.10. The van der Waals surface area contributed by atoms with Crippen LogP contribution in [0.15, 0.2) is 12.1 Å². The van der Waals surface area contributed by atoms with Gasteiger partial charge in [-0.3, -0.25) is 4.79 Å². The summed E-state index contributed by atoms with van der Waals surface area (Å²) in [5.41, 5.74) is 6.12. The van der Waals surface area contributed by atoms with Gasteiger partial charge in [-0.1, -0.05) is 0 Å². The monoisotopic (exact) mass is 249 g/mol. The largest absolute Gasteiger partial charge is 0.478 e. The van der Waals surface area contributed by atoms with Crippen molar-refractivity contribution >= 4 is 17.7 Å². The zero-order chi connectivity index (χ0) is 13.3. The van der Waals surface area contributed by atoms with E-state index in [-0.39, 0.29) is 17.4 Å². The van der Waals surface area contributed by atoms with Gasteiger partial charge < -0.3 is 15.7 Å². The number of aromatic nitrogens is 1. The molecule has 1 unspecified atom stereocenters. The molecule has 1 aliphatic rings. The Morgan fingerprint density at radius 1 is 1.50 bits per heavy atom. The minimum atomic E-state index is -0.979. The fraction of sp³-hybridized carbons (Fsp3) is 0.417. The molecule has 6 nitrogen and oxygen atoms in total. The second-order valence-electron chi connectivity index (χ2n) is 4.49. The average Bonchev–Trinajstić information content (AvgIpc) is 2.77. The zero-order valence-electron chi connectivity index (χ0n) is 10.1. The molecule has 0 saturated carbocycles. The minimum Gasteiger partial charge on any atom is -0.478 e. The number of pyridine rings is 1. The van der Waals surface area contributed by atoms with Crippen molar-refractivity contribution in [1.82, 2.24) is 4.98 Å². The molecule has 1 fully saturated rings. The Morgan fingerprint density at radius 2 is 2.22 bits per heavy atom. The lowest BCUT2D eigenvalue weighted by atomic mass is 10.1. The Balaban J connectivity index is 2.24. The Bertz CT molecular complexity index is 501. The van der Waals surface area contributed by atoms with Gasteiger partial charge >= 0.3 is 5.97 Å². The third-order valence-corrected chi connectivity index (χ3v) is 3.10. The number of carbonyl (C=O) groups is 2. The normalized spacial score (nSPS) is 18.9. The molecule has 2 rings (SSSR count). The van der Waals surface area contributed by atoms with Crippen LogP contribution in [0, 0.1) is 12.8 Å². The summed E-state index contributed by atoms with van der Waals surface area (Å²) in [6.07, 6.45) is 0.688. The van der Waals surface area contributed by atoms with Crippen LogP contribution in [-0.2, 0) is 4.79 Å². The molecule has 3 N–H and O–H groups in total. The summed E-state index contributed by atoms with van der Waals surface area (Å²) < 4.78 is 0. The third kappa shape index (κ3) is 2.42. The van der Waals surface area contributed by atoms with E-state index in [2.05, 4.69) is 4.98 Å². The topological polar surface area (TPSA) is 96.5 Å². The van der Waals surface area contributed by atoms with E-state index in [4.69, 9.17) is 10.8 Å². The number of primary amides is 1. The number of aromatic carboxylic acids is 1. The highest BCUT2D eigenvalue weighted by atomic mass is 16.4. The highest BCUT2D eigenvalue weighted by molar-refractivity contribution is 5.88. The van der Waals surface area contributed by atoms with Gasteiger partial charge in [-0.2, -0.15) is 0 Å². The number of hydrogen-bond donors (Lipinski definition) is 2. The number of amides is 1. The highest BCUT2D eigenvalue weighted by Gasteiger charge is 2.27. The van der Waals surface area contributed by atoms with E-state index in [0.717, 1.165) is 0 Å². The van der Waals surface area contributed by atoms with E-state index in [1.54, 1.807) is 6.92 Å². The summed E-state index contributed by atoms with van der Waals surface area (Å²) in [6.45, 7) is 2.92. The standard InChI is InChI=1S/C12H15N3O3/c1-7-4-9(12(17)18)5-10(14-7)15-3-2-8(6-15)11(13)16/h4-5,8H,2-3,6H2,1H3,(H2,13,16)(H,17,18). The van der Waals surface area contributed by atoms with Crippen LogP contribution in [0.1, 0.15) is 22.5 Å². The van der Waals surface area contributed by atoms with Crippen molar-refractivity contribution in [3.05, 3.63) is 23.4 Å². The molecule has 2 heterocycles. The molecule has 0 aliphatic carbocycles. The molecule has 1 amide bonds. The van der Waals surface area contributed by atoms with Crippen LogP contribution in [0.2, 0.25) is 0 Å². The maximum absolute atomic E-state index is 11.1. The van der Waals surface area contributed by atoms with Crippen LogP contribution in [0.5, 0.6) is 0 Å². The molecule has 18 heavy (non-hydrogen) atoms. The molecule has 1 atom stereocenters. The number of carboxylic acid groups (broad SMARTS) is 1. The van der Waals surface area contributed by atoms with E-state index < -0.39 is 5.97 Å². The van der Waals surface area contributed by atoms with Crippen molar-refractivity contribution in [2.45, 2.75) is 13.3 Å². The number of carbonyl (C=O) groups excluding carboxylic acids is 1. The second-order valence-corrected chi connectivity index (χ2v) is 4.49. The summed E-state index contributed by atoms with van der Waals surface area (Å²) in [5, 5.41) is 9.00. The van der Waals surface area contributed by atoms with Gasteiger partial charge in [-0.05, 0) is 25.5 Å². The van der Waals surface area contributed by atoms with Gasteiger partial charge in [-0.25, -0.2) is 9.78 Å². The zero-order valence-corrected chi connectivity index (χ0v) is 10.1. The molecule has 1 aromatic heterocycles. The Kier molecular flexibility index (Phi) is 3.18. The fourth-order valence-electron chi connectivity index (χ4n) is 2.14. The molecular weight excluding hydrogens is 234 g/mol. The van der Waals surface area contributed by atoms with Gasteiger partial charge in [0, 0.05) is 18.8 Å². The number of rotatable bonds is 3. The minimum absolute atomic E-state index is 0.180. The van der Waals surface area contributed by atoms with Crippen LogP contribution in [0.4, 0.5) is 5.82 Å². The maximum Gasteiger partial charge on any atom is 0.335 e. The van der Waals surface area contributed by atoms with Gasteiger partial charge in [-0.15, -0.1) is 0 Å². The van der Waals surface area contributed by atoms with Crippen molar-refractivity contribution in [1.29, 1.82) is 0 Å². The highest BCUT2D eigenvalue weighted by Crippen LogP contribution is 2.23. The summed E-state index contributed by atoms with van der Waals surface area (Å²) in [7, 11) is 0. The quantitative estimate of drug-likeness (QED) is 0.808. The number of carboxylic acids is 1. The predicted molar refractivity (Wildman–Crippen MR) is 65.4 cm³/mol. The van der Waals surface area contributed by atoms with Crippen LogP contribution < -0.4 is 10.6 Å². The van der Waals surface area contributed by atoms with Crippen LogP contribution in [0.25, 0.3) is 0 Å². The number of hydrogen-bond acceptors (Lipinski definition) is 4. The van der Waals surface area contributed by atoms with Gasteiger partial charge in [0.2, 0.25) is 5.91 Å². The number of nitrogens with two attached hydrogens (primary N) is 1. The first-order valence-electron chi connectivity index (χ1n) is 5.73. The number of aryl methyl sites for hydroxylation is 1. The Morgan fingerprint density at radius 3 is 2.78 bits per heavy atom. The molecular formula is C12H15N3O3. The van der Waals surface area contributed by atoms with Gasteiger partial charge in [0.1, 0.15) is 5.82 Å². The van der Waals surface area contributed by atoms with E-state index >= 15 is 0 Å². The van der Waals surface area contributed by atoms with Crippen molar-refractivity contribution in [2.75, 3.05) is 18.0 Å². The molecule has 0 radical (unpaired) electrons. The lowest BCUT2D eigenvalue weighted by Gasteiger charge is -2.17. The number of nitrogens with zero attached hydrogens (tertiary/aromatic N) is 2. The average molecular weight is 249 g/mol. The van der Waals surface area contributed by atoms with Crippen molar-refractivity contribution in [3.8, 4) is 0 Å². The smallest absolute Gasteiger partial charge is 0.335 e. The first-order valence-corrected chi connectivity index (χ1v) is 5.73. The van der Waals surface area contributed by atoms with Crippen molar-refractivity contribution in [3.63, 3.8) is 0 Å². The van der Waals surface area contributed by atoms with Gasteiger partial charge in [0.05, 0.1) is 11.5 Å².